The molecule has 90 valence electrons. The Balaban J connectivity index is 2.08. The lowest BCUT2D eigenvalue weighted by molar-refractivity contribution is 0.440. The normalized spacial score (nSPS) is 20.7. The van der Waals surface area contributed by atoms with Crippen LogP contribution in [0.15, 0.2) is 0 Å². The maximum atomic E-state index is 11.8. The molecule has 0 radical (unpaired) electrons. The molecule has 0 bridgehead atoms. The molecular formula is C12H25NOS. The van der Waals surface area contributed by atoms with Gasteiger partial charge in [-0.3, -0.25) is 4.21 Å². The summed E-state index contributed by atoms with van der Waals surface area (Å²) in [6.45, 7) is 7.31. The van der Waals surface area contributed by atoms with Gasteiger partial charge in [0.2, 0.25) is 0 Å². The van der Waals surface area contributed by atoms with E-state index in [1.807, 2.05) is 0 Å². The second kappa shape index (κ2) is 6.00. The van der Waals surface area contributed by atoms with E-state index in [-0.39, 0.29) is 5.54 Å². The lowest BCUT2D eigenvalue weighted by Crippen LogP contribution is -2.38. The fraction of sp³-hybridized carbons (Fsp3) is 1.00. The number of hydrogen-bond acceptors (Lipinski definition) is 2. The van der Waals surface area contributed by atoms with Gasteiger partial charge in [-0.15, -0.1) is 0 Å². The van der Waals surface area contributed by atoms with Crippen LogP contribution in [0.1, 0.15) is 46.5 Å². The predicted octanol–water partition coefficient (Wildman–Crippen LogP) is 2.31. The molecule has 15 heavy (non-hydrogen) atoms. The van der Waals surface area contributed by atoms with Crippen molar-refractivity contribution in [3.05, 3.63) is 0 Å². The molecule has 1 N–H and O–H groups in total. The lowest BCUT2D eigenvalue weighted by atomic mass is 10.1. The van der Waals surface area contributed by atoms with E-state index in [1.165, 1.54) is 25.7 Å². The maximum Gasteiger partial charge on any atom is 0.0360 e. The summed E-state index contributed by atoms with van der Waals surface area (Å²) in [4.78, 5) is 0. The van der Waals surface area contributed by atoms with E-state index in [4.69, 9.17) is 0 Å². The molecule has 2 nitrogen and oxygen atoms in total. The summed E-state index contributed by atoms with van der Waals surface area (Å²) in [6.07, 6.45) is 5.31. The van der Waals surface area contributed by atoms with Crippen molar-refractivity contribution < 1.29 is 4.21 Å². The van der Waals surface area contributed by atoms with Crippen LogP contribution in [0.5, 0.6) is 0 Å². The van der Waals surface area contributed by atoms with Crippen LogP contribution in [0.4, 0.5) is 0 Å². The lowest BCUT2D eigenvalue weighted by Gasteiger charge is -2.20. The second-order valence-corrected chi connectivity index (χ2v) is 7.26. The zero-order valence-electron chi connectivity index (χ0n) is 10.3. The summed E-state index contributed by atoms with van der Waals surface area (Å²) >= 11 is 0. The van der Waals surface area contributed by atoms with Crippen LogP contribution in [0.25, 0.3) is 0 Å². The first kappa shape index (κ1) is 13.2. The summed E-state index contributed by atoms with van der Waals surface area (Å²) in [5.74, 6) is 2.50. The zero-order valence-corrected chi connectivity index (χ0v) is 11.2. The molecular weight excluding hydrogens is 206 g/mol. The first-order valence-electron chi connectivity index (χ1n) is 6.07. The largest absolute Gasteiger partial charge is 0.311 e. The Hall–Kier alpha value is 0.110. The fourth-order valence-corrected chi connectivity index (χ4v) is 3.42. The molecule has 0 aromatic carbocycles. The molecule has 0 saturated heterocycles. The summed E-state index contributed by atoms with van der Waals surface area (Å²) in [6, 6.07) is 0. The summed E-state index contributed by atoms with van der Waals surface area (Å²) in [7, 11) is -0.607. The van der Waals surface area contributed by atoms with E-state index in [0.29, 0.717) is 0 Å². The molecule has 1 rings (SSSR count). The quantitative estimate of drug-likeness (QED) is 0.787. The van der Waals surface area contributed by atoms with Crippen LogP contribution in [-0.2, 0) is 10.8 Å². The van der Waals surface area contributed by atoms with Gasteiger partial charge in [0.15, 0.2) is 0 Å². The van der Waals surface area contributed by atoms with Crippen LogP contribution >= 0.6 is 0 Å². The monoisotopic (exact) mass is 231 g/mol. The van der Waals surface area contributed by atoms with Gasteiger partial charge in [0.25, 0.3) is 0 Å². The van der Waals surface area contributed by atoms with Crippen molar-refractivity contribution >= 4 is 10.8 Å². The minimum atomic E-state index is -0.607. The summed E-state index contributed by atoms with van der Waals surface area (Å²) < 4.78 is 11.8. The van der Waals surface area contributed by atoms with E-state index in [0.717, 1.165) is 24.0 Å². The molecule has 1 unspecified atom stereocenters. The van der Waals surface area contributed by atoms with Crippen molar-refractivity contribution in [3.63, 3.8) is 0 Å². The minimum absolute atomic E-state index is 0.150. The van der Waals surface area contributed by atoms with Crippen molar-refractivity contribution in [3.8, 4) is 0 Å². The van der Waals surface area contributed by atoms with Gasteiger partial charge in [-0.25, -0.2) is 0 Å². The average molecular weight is 231 g/mol. The zero-order chi connectivity index (χ0) is 11.3. The number of hydrogen-bond donors (Lipinski definition) is 1. The molecule has 0 heterocycles. The molecule has 0 aliphatic heterocycles. The first-order valence-corrected chi connectivity index (χ1v) is 7.56. The summed E-state index contributed by atoms with van der Waals surface area (Å²) in [5.41, 5.74) is 0.150. The molecule has 1 saturated carbocycles. The highest BCUT2D eigenvalue weighted by Crippen LogP contribution is 2.25. The van der Waals surface area contributed by atoms with Gasteiger partial charge in [0.05, 0.1) is 0 Å². The Kier molecular flexibility index (Phi) is 5.27. The topological polar surface area (TPSA) is 29.1 Å². The molecule has 0 amide bonds. The third-order valence-corrected chi connectivity index (χ3v) is 4.38. The second-order valence-electron chi connectivity index (χ2n) is 5.64. The van der Waals surface area contributed by atoms with Crippen LogP contribution in [0.2, 0.25) is 0 Å². The highest BCUT2D eigenvalue weighted by molar-refractivity contribution is 7.85. The summed E-state index contributed by atoms with van der Waals surface area (Å²) in [5, 5.41) is 3.38. The molecule has 0 spiro atoms. The highest BCUT2D eigenvalue weighted by Gasteiger charge is 2.17. The first-order chi connectivity index (χ1) is 6.97. The minimum Gasteiger partial charge on any atom is -0.311 e. The van der Waals surface area contributed by atoms with E-state index in [1.54, 1.807) is 0 Å². The van der Waals surface area contributed by atoms with Gasteiger partial charge in [-0.1, -0.05) is 12.8 Å². The van der Waals surface area contributed by atoms with Crippen LogP contribution in [0, 0.1) is 5.92 Å². The van der Waals surface area contributed by atoms with Crippen LogP contribution < -0.4 is 5.32 Å². The van der Waals surface area contributed by atoms with E-state index in [9.17, 15) is 4.21 Å². The molecule has 1 atom stereocenters. The number of rotatable bonds is 5. The fourth-order valence-electron chi connectivity index (χ4n) is 2.06. The van der Waals surface area contributed by atoms with Crippen molar-refractivity contribution in [2.24, 2.45) is 5.92 Å². The van der Waals surface area contributed by atoms with Crippen molar-refractivity contribution in [1.82, 2.24) is 5.32 Å². The van der Waals surface area contributed by atoms with Crippen LogP contribution in [0.3, 0.4) is 0 Å². The SMILES string of the molecule is CC(C)(C)NCCS(=O)CC1CCCC1. The Morgan fingerprint density at radius 1 is 1.27 bits per heavy atom. The predicted molar refractivity (Wildman–Crippen MR) is 67.6 cm³/mol. The average Bonchev–Trinajstić information content (AvgIpc) is 2.54. The van der Waals surface area contributed by atoms with Crippen molar-refractivity contribution in [2.45, 2.75) is 52.0 Å². The Labute approximate surface area is 96.7 Å². The van der Waals surface area contributed by atoms with Gasteiger partial charge in [0, 0.05) is 34.4 Å². The van der Waals surface area contributed by atoms with Crippen LogP contribution in [-0.4, -0.2) is 27.8 Å². The molecule has 3 heteroatoms. The Bertz CT molecular complexity index is 204. The molecule has 0 aromatic heterocycles. The molecule has 0 aromatic rings. The Morgan fingerprint density at radius 3 is 2.40 bits per heavy atom. The van der Waals surface area contributed by atoms with E-state index < -0.39 is 10.8 Å². The van der Waals surface area contributed by atoms with Gasteiger partial charge < -0.3 is 5.32 Å². The Morgan fingerprint density at radius 2 is 1.87 bits per heavy atom. The van der Waals surface area contributed by atoms with Gasteiger partial charge >= 0.3 is 0 Å². The van der Waals surface area contributed by atoms with E-state index >= 15 is 0 Å². The van der Waals surface area contributed by atoms with Gasteiger partial charge in [-0.05, 0) is 39.5 Å². The maximum absolute atomic E-state index is 11.8. The standard InChI is InChI=1S/C12H25NOS/c1-12(2,3)13-8-9-15(14)10-11-6-4-5-7-11/h11,13H,4-10H2,1-3H3. The van der Waals surface area contributed by atoms with E-state index in [2.05, 4.69) is 26.1 Å². The molecule has 1 aliphatic rings. The molecule has 1 aliphatic carbocycles. The van der Waals surface area contributed by atoms with Gasteiger partial charge in [0.1, 0.15) is 0 Å². The molecule has 1 fully saturated rings. The third-order valence-electron chi connectivity index (χ3n) is 2.88. The highest BCUT2D eigenvalue weighted by atomic mass is 32.2. The van der Waals surface area contributed by atoms with Gasteiger partial charge in [-0.2, -0.15) is 0 Å². The number of nitrogens with one attached hydrogen (secondary N) is 1. The smallest absolute Gasteiger partial charge is 0.0360 e. The third kappa shape index (κ3) is 6.31. The van der Waals surface area contributed by atoms with Crippen molar-refractivity contribution in [1.29, 1.82) is 0 Å². The van der Waals surface area contributed by atoms with Crippen molar-refractivity contribution in [2.75, 3.05) is 18.1 Å².